The van der Waals surface area contributed by atoms with Crippen LogP contribution in [0.2, 0.25) is 0 Å². The second kappa shape index (κ2) is 6.00. The van der Waals surface area contributed by atoms with Crippen LogP contribution >= 0.6 is 0 Å². The predicted molar refractivity (Wildman–Crippen MR) is 72.9 cm³/mol. The van der Waals surface area contributed by atoms with Crippen molar-refractivity contribution < 1.29 is 24.6 Å². The normalized spacial score (nSPS) is 11.8. The molecule has 0 aliphatic rings. The molecule has 0 aliphatic heterocycles. The lowest BCUT2D eigenvalue weighted by atomic mass is 10.1. The summed E-state index contributed by atoms with van der Waals surface area (Å²) < 4.78 is 0. The molecule has 0 fully saturated rings. The van der Waals surface area contributed by atoms with Crippen LogP contribution in [-0.4, -0.2) is 39.1 Å². The molecule has 0 unspecified atom stereocenters. The number of nitrogens with zero attached hydrogens (tertiary/aromatic N) is 1. The maximum atomic E-state index is 12.1. The fraction of sp³-hybridized carbons (Fsp3) is 0.143. The van der Waals surface area contributed by atoms with E-state index in [-0.39, 0.29) is 5.69 Å². The number of aliphatic carboxylic acids is 2. The van der Waals surface area contributed by atoms with Gasteiger partial charge < -0.3 is 15.5 Å². The fourth-order valence-electron chi connectivity index (χ4n) is 1.90. The minimum Gasteiger partial charge on any atom is -0.481 e. The van der Waals surface area contributed by atoms with E-state index in [2.05, 4.69) is 10.3 Å². The zero-order chi connectivity index (χ0) is 15.4. The third-order valence-electron chi connectivity index (χ3n) is 2.87. The summed E-state index contributed by atoms with van der Waals surface area (Å²) in [5.41, 5.74) is 0.0599. The number of carboxylic acid groups (broad SMARTS) is 2. The van der Waals surface area contributed by atoms with Crippen LogP contribution in [0.5, 0.6) is 0 Å². The SMILES string of the molecule is O=C(O)C[C@H](NC(=O)c1nccc2ccccc12)C(=O)O. The van der Waals surface area contributed by atoms with Gasteiger partial charge in [0.25, 0.3) is 5.91 Å². The van der Waals surface area contributed by atoms with Crippen LogP contribution in [0.3, 0.4) is 0 Å². The predicted octanol–water partition coefficient (Wildman–Crippen LogP) is 0.892. The molecular weight excluding hydrogens is 276 g/mol. The second-order valence-corrected chi connectivity index (χ2v) is 4.34. The van der Waals surface area contributed by atoms with Gasteiger partial charge in [-0.2, -0.15) is 0 Å². The topological polar surface area (TPSA) is 117 Å². The number of aromatic nitrogens is 1. The van der Waals surface area contributed by atoms with Crippen LogP contribution in [0.1, 0.15) is 16.9 Å². The molecule has 2 aromatic rings. The number of hydrogen-bond donors (Lipinski definition) is 3. The van der Waals surface area contributed by atoms with Crippen molar-refractivity contribution in [1.82, 2.24) is 10.3 Å². The minimum atomic E-state index is -1.50. The molecule has 0 saturated heterocycles. The summed E-state index contributed by atoms with van der Waals surface area (Å²) in [6, 6.07) is 7.22. The van der Waals surface area contributed by atoms with Gasteiger partial charge in [0.05, 0.1) is 6.42 Å². The van der Waals surface area contributed by atoms with Crippen LogP contribution in [0, 0.1) is 0 Å². The van der Waals surface area contributed by atoms with Gasteiger partial charge in [-0.3, -0.25) is 14.6 Å². The average molecular weight is 288 g/mol. The van der Waals surface area contributed by atoms with Crippen molar-refractivity contribution in [3.8, 4) is 0 Å². The Kier molecular flexibility index (Phi) is 4.13. The van der Waals surface area contributed by atoms with Gasteiger partial charge in [0.15, 0.2) is 0 Å². The van der Waals surface area contributed by atoms with E-state index >= 15 is 0 Å². The number of benzene rings is 1. The summed E-state index contributed by atoms with van der Waals surface area (Å²) in [6.45, 7) is 0. The number of pyridine rings is 1. The first-order valence-electron chi connectivity index (χ1n) is 6.08. The molecule has 0 radical (unpaired) electrons. The molecule has 1 atom stereocenters. The molecule has 3 N–H and O–H groups in total. The van der Waals surface area contributed by atoms with Gasteiger partial charge in [-0.15, -0.1) is 0 Å². The molecule has 2 rings (SSSR count). The first-order chi connectivity index (χ1) is 9.99. The van der Waals surface area contributed by atoms with Crippen LogP contribution in [-0.2, 0) is 9.59 Å². The van der Waals surface area contributed by atoms with Gasteiger partial charge >= 0.3 is 11.9 Å². The van der Waals surface area contributed by atoms with Gasteiger partial charge in [0.1, 0.15) is 11.7 Å². The third-order valence-corrected chi connectivity index (χ3v) is 2.87. The Balaban J connectivity index is 2.29. The molecule has 0 aliphatic carbocycles. The van der Waals surface area contributed by atoms with Crippen molar-refractivity contribution in [3.05, 3.63) is 42.2 Å². The summed E-state index contributed by atoms with van der Waals surface area (Å²) in [5, 5.41) is 21.1. The standard InChI is InChI=1S/C14H12N2O5/c17-11(18)7-10(14(20)21)16-13(19)12-9-4-2-1-3-8(9)5-6-15-12/h1-6,10H,7H2,(H,16,19)(H,17,18)(H,20,21)/t10-/m0/s1. The highest BCUT2D eigenvalue weighted by Crippen LogP contribution is 2.16. The van der Waals surface area contributed by atoms with E-state index < -0.39 is 30.3 Å². The largest absolute Gasteiger partial charge is 0.481 e. The molecule has 7 heteroatoms. The van der Waals surface area contributed by atoms with E-state index in [4.69, 9.17) is 10.2 Å². The number of carbonyl (C=O) groups is 3. The summed E-state index contributed by atoms with van der Waals surface area (Å²) in [6.07, 6.45) is 0.732. The van der Waals surface area contributed by atoms with Crippen LogP contribution in [0.4, 0.5) is 0 Å². The maximum absolute atomic E-state index is 12.1. The smallest absolute Gasteiger partial charge is 0.326 e. The number of carboxylic acids is 2. The van der Waals surface area contributed by atoms with Crippen molar-refractivity contribution in [2.24, 2.45) is 0 Å². The molecule has 1 amide bonds. The van der Waals surface area contributed by atoms with E-state index in [1.54, 1.807) is 30.3 Å². The molecular formula is C14H12N2O5. The number of nitrogens with one attached hydrogen (secondary N) is 1. The van der Waals surface area contributed by atoms with E-state index in [9.17, 15) is 14.4 Å². The summed E-state index contributed by atoms with van der Waals surface area (Å²) in [5.74, 6) is -3.44. The van der Waals surface area contributed by atoms with E-state index in [0.29, 0.717) is 5.39 Å². The maximum Gasteiger partial charge on any atom is 0.326 e. The van der Waals surface area contributed by atoms with Crippen LogP contribution in [0.25, 0.3) is 10.8 Å². The summed E-state index contributed by atoms with van der Waals surface area (Å²) in [4.78, 5) is 37.7. The zero-order valence-electron chi connectivity index (χ0n) is 10.8. The molecule has 0 saturated carbocycles. The van der Waals surface area contributed by atoms with Gasteiger partial charge in [-0.25, -0.2) is 4.79 Å². The van der Waals surface area contributed by atoms with Crippen LogP contribution in [0.15, 0.2) is 36.5 Å². The molecule has 0 bridgehead atoms. The molecule has 7 nitrogen and oxygen atoms in total. The lowest BCUT2D eigenvalue weighted by molar-refractivity contribution is -0.145. The number of rotatable bonds is 5. The molecule has 21 heavy (non-hydrogen) atoms. The number of hydrogen-bond acceptors (Lipinski definition) is 4. The van der Waals surface area contributed by atoms with E-state index in [0.717, 1.165) is 5.39 Å². The Morgan fingerprint density at radius 1 is 1.14 bits per heavy atom. The Morgan fingerprint density at radius 3 is 2.52 bits per heavy atom. The van der Waals surface area contributed by atoms with E-state index in [1.807, 2.05) is 0 Å². The first-order valence-corrected chi connectivity index (χ1v) is 6.08. The van der Waals surface area contributed by atoms with Crippen molar-refractivity contribution >= 4 is 28.6 Å². The van der Waals surface area contributed by atoms with Gasteiger partial charge in [0, 0.05) is 11.6 Å². The summed E-state index contributed by atoms with van der Waals surface area (Å²) in [7, 11) is 0. The average Bonchev–Trinajstić information content (AvgIpc) is 2.45. The van der Waals surface area contributed by atoms with Gasteiger partial charge in [-0.1, -0.05) is 24.3 Å². The van der Waals surface area contributed by atoms with Crippen LogP contribution < -0.4 is 5.32 Å². The molecule has 108 valence electrons. The zero-order valence-corrected chi connectivity index (χ0v) is 10.8. The highest BCUT2D eigenvalue weighted by molar-refractivity contribution is 6.06. The summed E-state index contributed by atoms with van der Waals surface area (Å²) >= 11 is 0. The number of carbonyl (C=O) groups excluding carboxylic acids is 1. The highest BCUT2D eigenvalue weighted by Gasteiger charge is 2.24. The van der Waals surface area contributed by atoms with Crippen molar-refractivity contribution in [2.75, 3.05) is 0 Å². The van der Waals surface area contributed by atoms with Crippen molar-refractivity contribution in [2.45, 2.75) is 12.5 Å². The molecule has 1 aromatic heterocycles. The Bertz CT molecular complexity index is 708. The second-order valence-electron chi connectivity index (χ2n) is 4.34. The minimum absolute atomic E-state index is 0.0599. The monoisotopic (exact) mass is 288 g/mol. The number of fused-ring (bicyclic) bond motifs is 1. The Morgan fingerprint density at radius 2 is 1.86 bits per heavy atom. The van der Waals surface area contributed by atoms with Crippen molar-refractivity contribution in [1.29, 1.82) is 0 Å². The van der Waals surface area contributed by atoms with E-state index in [1.165, 1.54) is 6.20 Å². The van der Waals surface area contributed by atoms with Gasteiger partial charge in [0.2, 0.25) is 0 Å². The quantitative estimate of drug-likeness (QED) is 0.752. The Labute approximate surface area is 119 Å². The highest BCUT2D eigenvalue weighted by atomic mass is 16.4. The lowest BCUT2D eigenvalue weighted by Crippen LogP contribution is -2.42. The Hall–Kier alpha value is -2.96. The molecule has 1 aromatic carbocycles. The van der Waals surface area contributed by atoms with Gasteiger partial charge in [-0.05, 0) is 11.5 Å². The molecule has 0 spiro atoms. The third kappa shape index (κ3) is 3.33. The number of amides is 1. The molecule has 1 heterocycles. The van der Waals surface area contributed by atoms with Crippen molar-refractivity contribution in [3.63, 3.8) is 0 Å². The lowest BCUT2D eigenvalue weighted by Gasteiger charge is -2.12. The fourth-order valence-corrected chi connectivity index (χ4v) is 1.90. The first kappa shape index (κ1) is 14.4.